The molecule has 0 radical (unpaired) electrons. The molecule has 0 amide bonds. The summed E-state index contributed by atoms with van der Waals surface area (Å²) in [7, 11) is 0. The molecule has 0 N–H and O–H groups in total. The number of rotatable bonds is 2. The molecule has 2 aliphatic heterocycles. The van der Waals surface area contributed by atoms with E-state index in [2.05, 4.69) is 27.4 Å². The van der Waals surface area contributed by atoms with E-state index < -0.39 is 6.69 Å². The Labute approximate surface area is 137 Å². The van der Waals surface area contributed by atoms with E-state index in [1.54, 1.807) is 0 Å². The Hall–Kier alpha value is -1.30. The summed E-state index contributed by atoms with van der Waals surface area (Å²) in [6, 6.07) is 0.237. The smallest absolute Gasteiger partial charge is 0.596 e. The first kappa shape index (κ1) is 15.2. The monoisotopic (exact) mass is 319 g/mol. The van der Waals surface area contributed by atoms with Crippen molar-refractivity contribution in [3.8, 4) is 0 Å². The lowest BCUT2D eigenvalue weighted by molar-refractivity contribution is -0.850. The second-order valence-corrected chi connectivity index (χ2v) is 8.94. The lowest BCUT2D eigenvalue weighted by Gasteiger charge is -2.66. The maximum absolute atomic E-state index is 12.2. The van der Waals surface area contributed by atoms with Crippen LogP contribution in [0.4, 0.5) is 0 Å². The zero-order chi connectivity index (χ0) is 16.8. The molecule has 2 bridgehead atoms. The van der Waals surface area contributed by atoms with Gasteiger partial charge >= 0.3 is 18.6 Å². The van der Waals surface area contributed by atoms with E-state index in [-0.39, 0.29) is 31.1 Å². The molecule has 2 heterocycles. The van der Waals surface area contributed by atoms with Gasteiger partial charge in [-0.3, -0.25) is 9.59 Å². The quantitative estimate of drug-likeness (QED) is 0.731. The van der Waals surface area contributed by atoms with Gasteiger partial charge in [-0.25, -0.2) is 0 Å². The van der Waals surface area contributed by atoms with Crippen LogP contribution in [0.15, 0.2) is 12.1 Å². The first-order chi connectivity index (χ1) is 10.6. The molecule has 4 atom stereocenters. The molecule has 23 heavy (non-hydrogen) atoms. The minimum absolute atomic E-state index is 0.237. The lowest BCUT2D eigenvalue weighted by Crippen LogP contribution is -2.73. The summed E-state index contributed by atoms with van der Waals surface area (Å²) >= 11 is 0. The average molecular weight is 319 g/mol. The van der Waals surface area contributed by atoms with Gasteiger partial charge < -0.3 is 13.7 Å². The number of quaternary nitrogens is 1. The maximum atomic E-state index is 12.2. The summed E-state index contributed by atoms with van der Waals surface area (Å²) in [4.78, 5) is 24.4. The van der Waals surface area contributed by atoms with Crippen LogP contribution < -0.4 is 0 Å². The second-order valence-electron chi connectivity index (χ2n) is 8.94. The van der Waals surface area contributed by atoms with Crippen LogP contribution in [0, 0.1) is 23.2 Å². The van der Waals surface area contributed by atoms with E-state index in [9.17, 15) is 9.59 Å². The summed E-state index contributed by atoms with van der Waals surface area (Å²) in [6.07, 6.45) is 2.30. The SMILES string of the molecule is C=C(C)[B-]12OC(=O)C[N+]1(C1C[C@@H]3C[C@H]([C@H]1C)C3(C)C)CC(=O)O2. The maximum Gasteiger partial charge on any atom is 0.610 e. The zero-order valence-corrected chi connectivity index (χ0v) is 14.5. The molecule has 5 rings (SSSR count). The van der Waals surface area contributed by atoms with E-state index in [4.69, 9.17) is 9.31 Å². The molecule has 2 saturated heterocycles. The lowest BCUT2D eigenvalue weighted by atomic mass is 9.43. The number of carbonyl (C=O) groups is 2. The van der Waals surface area contributed by atoms with Gasteiger partial charge in [-0.1, -0.05) is 33.2 Å². The molecule has 6 heteroatoms. The van der Waals surface area contributed by atoms with Crippen molar-refractivity contribution in [3.05, 3.63) is 12.1 Å². The highest BCUT2D eigenvalue weighted by Crippen LogP contribution is 2.64. The van der Waals surface area contributed by atoms with E-state index in [0.717, 1.165) is 6.42 Å². The Morgan fingerprint density at radius 3 is 2.22 bits per heavy atom. The van der Waals surface area contributed by atoms with Crippen LogP contribution in [0.2, 0.25) is 0 Å². The van der Waals surface area contributed by atoms with Gasteiger partial charge in [-0.2, -0.15) is 0 Å². The van der Waals surface area contributed by atoms with Crippen LogP contribution in [0.5, 0.6) is 0 Å². The van der Waals surface area contributed by atoms with Crippen molar-refractivity contribution in [2.45, 2.75) is 46.6 Å². The summed E-state index contributed by atoms with van der Waals surface area (Å²) in [6.45, 7) is 11.2. The van der Waals surface area contributed by atoms with Gasteiger partial charge in [0.25, 0.3) is 0 Å². The molecule has 3 aliphatic carbocycles. The number of carbonyl (C=O) groups excluding carboxylic acids is 2. The zero-order valence-electron chi connectivity index (χ0n) is 14.5. The summed E-state index contributed by atoms with van der Waals surface area (Å²) in [5.74, 6) is 1.23. The van der Waals surface area contributed by atoms with E-state index in [0.29, 0.717) is 33.0 Å². The molecular formula is C17H26BNO4. The Kier molecular flexibility index (Phi) is 2.79. The minimum atomic E-state index is -2.10. The van der Waals surface area contributed by atoms with Crippen molar-refractivity contribution in [1.29, 1.82) is 0 Å². The standard InChI is InChI=1S/C17H26BNO4/c1-10(2)18-19(8-15(20)22-18,9-16(21)23-18)14-7-12-6-13(11(14)3)17(12,4)5/h11-14H,1,6-9H2,2-5H3/t11-,12+,13-,14?,18?,19?/m1/s1. The van der Waals surface area contributed by atoms with Crippen molar-refractivity contribution in [1.82, 2.24) is 0 Å². The van der Waals surface area contributed by atoms with Crippen LogP contribution in [0.25, 0.3) is 0 Å². The van der Waals surface area contributed by atoms with Crippen molar-refractivity contribution >= 4 is 18.6 Å². The molecule has 126 valence electrons. The largest absolute Gasteiger partial charge is 0.610 e. The Bertz CT molecular complexity index is 608. The Morgan fingerprint density at radius 2 is 1.78 bits per heavy atom. The highest BCUT2D eigenvalue weighted by molar-refractivity contribution is 6.73. The highest BCUT2D eigenvalue weighted by Gasteiger charge is 2.73. The summed E-state index contributed by atoms with van der Waals surface area (Å²) in [5, 5.41) is 0. The van der Waals surface area contributed by atoms with E-state index in [1.807, 2.05) is 6.92 Å². The Morgan fingerprint density at radius 1 is 1.22 bits per heavy atom. The first-order valence-electron chi connectivity index (χ1n) is 8.74. The number of nitrogens with zero attached hydrogens (tertiary/aromatic N) is 1. The molecule has 5 fully saturated rings. The summed E-state index contributed by atoms with van der Waals surface area (Å²) < 4.78 is 11.7. The van der Waals surface area contributed by atoms with Crippen LogP contribution in [-0.4, -0.2) is 42.2 Å². The number of hydrogen-bond donors (Lipinski definition) is 0. The Balaban J connectivity index is 1.78. The molecular weight excluding hydrogens is 293 g/mol. The van der Waals surface area contributed by atoms with Gasteiger partial charge in [0.15, 0.2) is 0 Å². The normalized spacial score (nSPS) is 49.9. The van der Waals surface area contributed by atoms with Crippen molar-refractivity contribution in [2.24, 2.45) is 23.2 Å². The average Bonchev–Trinajstić information content (AvgIpc) is 2.86. The van der Waals surface area contributed by atoms with Gasteiger partial charge in [0, 0.05) is 5.92 Å². The van der Waals surface area contributed by atoms with Gasteiger partial charge in [0.1, 0.15) is 13.1 Å². The number of hydrogen-bond acceptors (Lipinski definition) is 4. The second kappa shape index (κ2) is 4.21. The molecule has 0 aromatic heterocycles. The number of allylic oxidation sites excluding steroid dienone is 1. The first-order valence-corrected chi connectivity index (χ1v) is 8.74. The van der Waals surface area contributed by atoms with Crippen molar-refractivity contribution < 1.29 is 23.3 Å². The summed E-state index contributed by atoms with van der Waals surface area (Å²) in [5.41, 5.74) is 1.04. The minimum Gasteiger partial charge on any atom is -0.596 e. The molecule has 5 nitrogen and oxygen atoms in total. The van der Waals surface area contributed by atoms with Crippen LogP contribution in [0.1, 0.15) is 40.5 Å². The number of fused-ring (bicyclic) bond motifs is 4. The predicted octanol–water partition coefficient (Wildman–Crippen LogP) is 2.04. The fraction of sp³-hybridized carbons (Fsp3) is 0.765. The van der Waals surface area contributed by atoms with Gasteiger partial charge in [-0.05, 0) is 30.1 Å². The van der Waals surface area contributed by atoms with Crippen LogP contribution in [0.3, 0.4) is 0 Å². The van der Waals surface area contributed by atoms with Crippen LogP contribution in [-0.2, 0) is 18.9 Å². The molecule has 0 spiro atoms. The predicted molar refractivity (Wildman–Crippen MR) is 85.7 cm³/mol. The van der Waals surface area contributed by atoms with Crippen molar-refractivity contribution in [3.63, 3.8) is 0 Å². The molecule has 0 aromatic rings. The van der Waals surface area contributed by atoms with Gasteiger partial charge in [-0.15, -0.1) is 6.58 Å². The van der Waals surface area contributed by atoms with Crippen molar-refractivity contribution in [2.75, 3.05) is 13.1 Å². The molecule has 0 aromatic carbocycles. The van der Waals surface area contributed by atoms with Gasteiger partial charge in [0.2, 0.25) is 0 Å². The topological polar surface area (TPSA) is 52.6 Å². The molecule has 1 unspecified atom stereocenters. The third-order valence-electron chi connectivity index (χ3n) is 7.70. The molecule has 5 aliphatic rings. The third kappa shape index (κ3) is 1.58. The highest BCUT2D eigenvalue weighted by atomic mass is 16.7. The van der Waals surface area contributed by atoms with E-state index in [1.165, 1.54) is 6.42 Å². The molecule has 3 saturated carbocycles. The van der Waals surface area contributed by atoms with E-state index >= 15 is 0 Å². The fourth-order valence-electron chi connectivity index (χ4n) is 6.37. The third-order valence-corrected chi connectivity index (χ3v) is 7.70. The van der Waals surface area contributed by atoms with Crippen LogP contribution >= 0.6 is 0 Å². The fourth-order valence-corrected chi connectivity index (χ4v) is 6.37. The van der Waals surface area contributed by atoms with Gasteiger partial charge in [0.05, 0.1) is 6.04 Å².